The fourth-order valence-corrected chi connectivity index (χ4v) is 2.61. The number of carboxylic acid groups (broad SMARTS) is 1. The van der Waals surface area contributed by atoms with Gasteiger partial charge < -0.3 is 15.3 Å². The second kappa shape index (κ2) is 6.67. The average molecular weight is 298 g/mol. The molecular weight excluding hydrogens is 280 g/mol. The van der Waals surface area contributed by atoms with Crippen LogP contribution in [0.1, 0.15) is 11.8 Å². The summed E-state index contributed by atoms with van der Waals surface area (Å²) in [6.45, 7) is 4.41. The van der Waals surface area contributed by atoms with Crippen LogP contribution in [0.5, 0.6) is 0 Å². The van der Waals surface area contributed by atoms with Gasteiger partial charge in [-0.25, -0.2) is 4.79 Å². The van der Waals surface area contributed by atoms with Crippen molar-refractivity contribution in [3.63, 3.8) is 0 Å². The molecule has 1 fully saturated rings. The molecule has 0 aliphatic carbocycles. The van der Waals surface area contributed by atoms with Crippen molar-refractivity contribution in [3.8, 4) is 0 Å². The summed E-state index contributed by atoms with van der Waals surface area (Å²) in [5.41, 5.74) is 1.73. The minimum absolute atomic E-state index is 0.110. The maximum atomic E-state index is 12.0. The molecule has 0 bridgehead atoms. The lowest BCUT2D eigenvalue weighted by molar-refractivity contribution is -0.143. The number of nitrogens with zero attached hydrogens (tertiary/aromatic N) is 3. The third kappa shape index (κ3) is 3.67. The topological polar surface area (TPSA) is 85.8 Å². The molecule has 2 heterocycles. The van der Waals surface area contributed by atoms with Gasteiger partial charge in [0.1, 0.15) is 6.04 Å². The minimum Gasteiger partial charge on any atom is -0.480 e. The number of hydrogen-bond donors (Lipinski definition) is 2. The summed E-state index contributed by atoms with van der Waals surface area (Å²) < 4.78 is 0. The standard InChI is InChI=1S/C12H18N4O3S/c1-9(11(17)18)15-2-4-16(5-3-15)12(19)14-7-10-6-13-8-20-10/h6,8-9H,2-5,7H2,1H3,(H,14,19)(H,17,18). The van der Waals surface area contributed by atoms with E-state index in [1.54, 1.807) is 23.5 Å². The molecule has 1 unspecified atom stereocenters. The Balaban J connectivity index is 1.75. The number of carbonyl (C=O) groups is 2. The van der Waals surface area contributed by atoms with Gasteiger partial charge in [0, 0.05) is 37.3 Å². The van der Waals surface area contributed by atoms with Gasteiger partial charge in [-0.1, -0.05) is 0 Å². The van der Waals surface area contributed by atoms with Crippen LogP contribution < -0.4 is 5.32 Å². The van der Waals surface area contributed by atoms with Crippen molar-refractivity contribution in [1.29, 1.82) is 0 Å². The number of thiazole rings is 1. The highest BCUT2D eigenvalue weighted by atomic mass is 32.1. The molecule has 2 N–H and O–H groups in total. The Labute approximate surface area is 121 Å². The highest BCUT2D eigenvalue weighted by Crippen LogP contribution is 2.08. The first-order valence-corrected chi connectivity index (χ1v) is 7.33. The molecule has 1 aliphatic heterocycles. The number of piperazine rings is 1. The predicted octanol–water partition coefficient (Wildman–Crippen LogP) is 0.443. The molecule has 0 radical (unpaired) electrons. The summed E-state index contributed by atoms with van der Waals surface area (Å²) in [4.78, 5) is 31.4. The third-order valence-electron chi connectivity index (χ3n) is 3.40. The zero-order valence-corrected chi connectivity index (χ0v) is 12.1. The minimum atomic E-state index is -0.826. The highest BCUT2D eigenvalue weighted by molar-refractivity contribution is 7.09. The number of rotatable bonds is 4. The van der Waals surface area contributed by atoms with Gasteiger partial charge in [0.05, 0.1) is 12.1 Å². The van der Waals surface area contributed by atoms with Crippen LogP contribution in [0.2, 0.25) is 0 Å². The SMILES string of the molecule is CC(C(=O)O)N1CCN(C(=O)NCc2cncs2)CC1. The van der Waals surface area contributed by atoms with Gasteiger partial charge in [0.15, 0.2) is 0 Å². The molecule has 0 saturated carbocycles. The third-order valence-corrected chi connectivity index (χ3v) is 4.18. The Morgan fingerprint density at radius 3 is 2.70 bits per heavy atom. The van der Waals surface area contributed by atoms with Crippen LogP contribution in [0.25, 0.3) is 0 Å². The van der Waals surface area contributed by atoms with E-state index in [9.17, 15) is 9.59 Å². The summed E-state index contributed by atoms with van der Waals surface area (Å²) >= 11 is 1.50. The number of aromatic nitrogens is 1. The van der Waals surface area contributed by atoms with Gasteiger partial charge in [-0.2, -0.15) is 0 Å². The zero-order valence-electron chi connectivity index (χ0n) is 11.3. The molecule has 2 rings (SSSR count). The number of carbonyl (C=O) groups excluding carboxylic acids is 1. The smallest absolute Gasteiger partial charge is 0.320 e. The zero-order chi connectivity index (χ0) is 14.5. The summed E-state index contributed by atoms with van der Waals surface area (Å²) in [7, 11) is 0. The second-order valence-corrected chi connectivity index (χ2v) is 5.63. The predicted molar refractivity (Wildman–Crippen MR) is 74.6 cm³/mol. The van der Waals surface area contributed by atoms with E-state index in [2.05, 4.69) is 10.3 Å². The van der Waals surface area contributed by atoms with Gasteiger partial charge in [-0.15, -0.1) is 11.3 Å². The van der Waals surface area contributed by atoms with Crippen LogP contribution in [0, 0.1) is 0 Å². The van der Waals surface area contributed by atoms with Crippen LogP contribution in [0.3, 0.4) is 0 Å². The molecule has 1 atom stereocenters. The van der Waals surface area contributed by atoms with Crippen LogP contribution in [-0.2, 0) is 11.3 Å². The number of aliphatic carboxylic acids is 1. The molecular formula is C12H18N4O3S. The normalized spacial score (nSPS) is 17.8. The average Bonchev–Trinajstić information content (AvgIpc) is 2.97. The Morgan fingerprint density at radius 1 is 1.45 bits per heavy atom. The maximum absolute atomic E-state index is 12.0. The highest BCUT2D eigenvalue weighted by Gasteiger charge is 2.26. The first-order valence-electron chi connectivity index (χ1n) is 6.45. The van der Waals surface area contributed by atoms with E-state index >= 15 is 0 Å². The van der Waals surface area contributed by atoms with Gasteiger partial charge in [0.2, 0.25) is 0 Å². The number of urea groups is 1. The van der Waals surface area contributed by atoms with Gasteiger partial charge in [0.25, 0.3) is 0 Å². The fraction of sp³-hybridized carbons (Fsp3) is 0.583. The maximum Gasteiger partial charge on any atom is 0.320 e. The molecule has 20 heavy (non-hydrogen) atoms. The van der Waals surface area contributed by atoms with Gasteiger partial charge in [-0.05, 0) is 6.92 Å². The lowest BCUT2D eigenvalue weighted by Gasteiger charge is -2.36. The Hall–Kier alpha value is -1.67. The van der Waals surface area contributed by atoms with Crippen molar-refractivity contribution in [3.05, 3.63) is 16.6 Å². The number of carboxylic acids is 1. The van der Waals surface area contributed by atoms with Crippen molar-refractivity contribution in [1.82, 2.24) is 20.1 Å². The molecule has 0 aromatic carbocycles. The molecule has 8 heteroatoms. The van der Waals surface area contributed by atoms with E-state index in [-0.39, 0.29) is 6.03 Å². The monoisotopic (exact) mass is 298 g/mol. The van der Waals surface area contributed by atoms with Crippen LogP contribution in [-0.4, -0.2) is 64.1 Å². The van der Waals surface area contributed by atoms with Gasteiger partial charge in [-0.3, -0.25) is 14.7 Å². The molecule has 110 valence electrons. The van der Waals surface area contributed by atoms with E-state index in [1.165, 1.54) is 11.3 Å². The van der Waals surface area contributed by atoms with E-state index in [0.29, 0.717) is 32.7 Å². The largest absolute Gasteiger partial charge is 0.480 e. The van der Waals surface area contributed by atoms with Crippen molar-refractivity contribution in [2.24, 2.45) is 0 Å². The lowest BCUT2D eigenvalue weighted by Crippen LogP contribution is -2.54. The molecule has 7 nitrogen and oxygen atoms in total. The van der Waals surface area contributed by atoms with Crippen LogP contribution in [0.4, 0.5) is 4.79 Å². The second-order valence-electron chi connectivity index (χ2n) is 4.66. The fourth-order valence-electron chi connectivity index (χ4n) is 2.07. The van der Waals surface area contributed by atoms with Crippen molar-refractivity contribution < 1.29 is 14.7 Å². The summed E-state index contributed by atoms with van der Waals surface area (Å²) in [5.74, 6) is -0.826. The lowest BCUT2D eigenvalue weighted by atomic mass is 10.2. The molecule has 1 aromatic heterocycles. The van der Waals surface area contributed by atoms with E-state index in [0.717, 1.165) is 4.88 Å². The molecule has 1 saturated heterocycles. The van der Waals surface area contributed by atoms with Crippen molar-refractivity contribution in [2.75, 3.05) is 26.2 Å². The Morgan fingerprint density at radius 2 is 2.15 bits per heavy atom. The van der Waals surface area contributed by atoms with Crippen molar-refractivity contribution >= 4 is 23.3 Å². The number of amides is 2. The first kappa shape index (κ1) is 14.7. The summed E-state index contributed by atoms with van der Waals surface area (Å²) in [5, 5.41) is 11.8. The van der Waals surface area contributed by atoms with Crippen molar-refractivity contribution in [2.45, 2.75) is 19.5 Å². The van der Waals surface area contributed by atoms with Gasteiger partial charge >= 0.3 is 12.0 Å². The number of nitrogens with one attached hydrogen (secondary N) is 1. The summed E-state index contributed by atoms with van der Waals surface area (Å²) in [6.07, 6.45) is 1.73. The van der Waals surface area contributed by atoms with E-state index in [4.69, 9.17) is 5.11 Å². The number of hydrogen-bond acceptors (Lipinski definition) is 5. The molecule has 0 spiro atoms. The molecule has 2 amide bonds. The quantitative estimate of drug-likeness (QED) is 0.842. The summed E-state index contributed by atoms with van der Waals surface area (Å²) in [6, 6.07) is -0.613. The Bertz CT molecular complexity index is 457. The van der Waals surface area contributed by atoms with Crippen LogP contribution in [0.15, 0.2) is 11.7 Å². The van der Waals surface area contributed by atoms with E-state index < -0.39 is 12.0 Å². The van der Waals surface area contributed by atoms with E-state index in [1.807, 2.05) is 4.90 Å². The molecule has 1 aliphatic rings. The Kier molecular flexibility index (Phi) is 4.91. The van der Waals surface area contributed by atoms with Crippen LogP contribution >= 0.6 is 11.3 Å². The first-order chi connectivity index (χ1) is 9.58. The molecule has 1 aromatic rings.